The van der Waals surface area contributed by atoms with E-state index in [2.05, 4.69) is 13.8 Å². The normalized spacial score (nSPS) is 13.0. The first-order valence-corrected chi connectivity index (χ1v) is 4.92. The fourth-order valence-corrected chi connectivity index (χ4v) is 1.46. The molecule has 0 spiro atoms. The standard InChI is InChI=1S/C12H18O2/c1-8(2)11-6-5-10(9(3)13)7-12(11)14-4/h5-9,13H,1-4H3. The van der Waals surface area contributed by atoms with Crippen LogP contribution in [0.3, 0.4) is 0 Å². The van der Waals surface area contributed by atoms with Crippen LogP contribution in [0, 0.1) is 0 Å². The first-order chi connectivity index (χ1) is 6.56. The molecule has 0 heterocycles. The second-order valence-corrected chi connectivity index (χ2v) is 3.83. The lowest BCUT2D eigenvalue weighted by Gasteiger charge is -2.14. The van der Waals surface area contributed by atoms with Gasteiger partial charge in [0.25, 0.3) is 0 Å². The van der Waals surface area contributed by atoms with Crippen molar-refractivity contribution < 1.29 is 9.84 Å². The van der Waals surface area contributed by atoms with Crippen molar-refractivity contribution in [3.8, 4) is 5.75 Å². The second-order valence-electron chi connectivity index (χ2n) is 3.83. The molecule has 0 saturated heterocycles. The predicted octanol–water partition coefficient (Wildman–Crippen LogP) is 2.87. The monoisotopic (exact) mass is 194 g/mol. The molecule has 0 bridgehead atoms. The third-order valence-electron chi connectivity index (χ3n) is 2.36. The number of methoxy groups -OCH3 is 1. The molecule has 1 aromatic carbocycles. The van der Waals surface area contributed by atoms with E-state index in [1.807, 2.05) is 18.2 Å². The highest BCUT2D eigenvalue weighted by atomic mass is 16.5. The van der Waals surface area contributed by atoms with Gasteiger partial charge >= 0.3 is 0 Å². The third kappa shape index (κ3) is 2.26. The third-order valence-corrected chi connectivity index (χ3v) is 2.36. The summed E-state index contributed by atoms with van der Waals surface area (Å²) in [5.41, 5.74) is 2.07. The summed E-state index contributed by atoms with van der Waals surface area (Å²) in [6.45, 7) is 6.00. The van der Waals surface area contributed by atoms with E-state index < -0.39 is 6.10 Å². The molecule has 1 atom stereocenters. The molecule has 0 aliphatic heterocycles. The van der Waals surface area contributed by atoms with Crippen LogP contribution in [0.15, 0.2) is 18.2 Å². The number of rotatable bonds is 3. The van der Waals surface area contributed by atoms with Crippen LogP contribution in [0.4, 0.5) is 0 Å². The van der Waals surface area contributed by atoms with Gasteiger partial charge in [-0.1, -0.05) is 26.0 Å². The number of aliphatic hydroxyl groups excluding tert-OH is 1. The molecule has 2 heteroatoms. The van der Waals surface area contributed by atoms with Gasteiger partial charge in [0.15, 0.2) is 0 Å². The Kier molecular flexibility index (Phi) is 3.53. The van der Waals surface area contributed by atoms with E-state index in [0.29, 0.717) is 5.92 Å². The lowest BCUT2D eigenvalue weighted by atomic mass is 9.99. The van der Waals surface area contributed by atoms with Crippen molar-refractivity contribution >= 4 is 0 Å². The minimum Gasteiger partial charge on any atom is -0.496 e. The van der Waals surface area contributed by atoms with E-state index in [9.17, 15) is 5.11 Å². The fourth-order valence-electron chi connectivity index (χ4n) is 1.46. The smallest absolute Gasteiger partial charge is 0.122 e. The fraction of sp³-hybridized carbons (Fsp3) is 0.500. The van der Waals surface area contributed by atoms with Crippen LogP contribution in [0.5, 0.6) is 5.75 Å². The molecule has 2 nitrogen and oxygen atoms in total. The zero-order valence-electron chi connectivity index (χ0n) is 9.24. The molecule has 14 heavy (non-hydrogen) atoms. The van der Waals surface area contributed by atoms with Gasteiger partial charge in [-0.25, -0.2) is 0 Å². The Morgan fingerprint density at radius 2 is 1.86 bits per heavy atom. The SMILES string of the molecule is COc1cc(C(C)O)ccc1C(C)C. The van der Waals surface area contributed by atoms with Crippen LogP contribution < -0.4 is 4.74 Å². The van der Waals surface area contributed by atoms with Crippen molar-refractivity contribution in [1.29, 1.82) is 0 Å². The van der Waals surface area contributed by atoms with Crippen molar-refractivity contribution in [3.63, 3.8) is 0 Å². The lowest BCUT2D eigenvalue weighted by Crippen LogP contribution is -1.98. The number of hydrogen-bond acceptors (Lipinski definition) is 2. The molecule has 0 fully saturated rings. The van der Waals surface area contributed by atoms with Gasteiger partial charge in [0.05, 0.1) is 13.2 Å². The average molecular weight is 194 g/mol. The summed E-state index contributed by atoms with van der Waals surface area (Å²) in [4.78, 5) is 0. The lowest BCUT2D eigenvalue weighted by molar-refractivity contribution is 0.199. The predicted molar refractivity (Wildman–Crippen MR) is 57.7 cm³/mol. The van der Waals surface area contributed by atoms with Crippen LogP contribution in [0.2, 0.25) is 0 Å². The molecule has 0 amide bonds. The van der Waals surface area contributed by atoms with Gasteiger partial charge in [-0.15, -0.1) is 0 Å². The Balaban J connectivity index is 3.11. The van der Waals surface area contributed by atoms with Gasteiger partial charge in [0.2, 0.25) is 0 Å². The molecular weight excluding hydrogens is 176 g/mol. The van der Waals surface area contributed by atoms with Crippen LogP contribution in [0.1, 0.15) is 43.9 Å². The molecular formula is C12H18O2. The minimum atomic E-state index is -0.440. The molecule has 0 aliphatic carbocycles. The van der Waals surface area contributed by atoms with E-state index >= 15 is 0 Å². The molecule has 0 aliphatic rings. The van der Waals surface area contributed by atoms with E-state index in [1.54, 1.807) is 14.0 Å². The molecule has 1 rings (SSSR count). The summed E-state index contributed by atoms with van der Waals surface area (Å²) in [6.07, 6.45) is -0.440. The Morgan fingerprint density at radius 3 is 2.29 bits per heavy atom. The van der Waals surface area contributed by atoms with Crippen LogP contribution >= 0.6 is 0 Å². The second kappa shape index (κ2) is 4.47. The summed E-state index contributed by atoms with van der Waals surface area (Å²) in [5, 5.41) is 9.42. The first-order valence-electron chi connectivity index (χ1n) is 4.92. The molecule has 1 aromatic rings. The number of benzene rings is 1. The molecule has 0 aromatic heterocycles. The topological polar surface area (TPSA) is 29.5 Å². The Morgan fingerprint density at radius 1 is 1.21 bits per heavy atom. The maximum Gasteiger partial charge on any atom is 0.122 e. The van der Waals surface area contributed by atoms with Gasteiger partial charge in [-0.2, -0.15) is 0 Å². The molecule has 0 radical (unpaired) electrons. The van der Waals surface area contributed by atoms with E-state index in [-0.39, 0.29) is 0 Å². The molecule has 0 saturated carbocycles. The highest BCUT2D eigenvalue weighted by molar-refractivity contribution is 5.40. The summed E-state index contributed by atoms with van der Waals surface area (Å²) in [6, 6.07) is 5.87. The van der Waals surface area contributed by atoms with Gasteiger partial charge < -0.3 is 9.84 Å². The summed E-state index contributed by atoms with van der Waals surface area (Å²) in [5.74, 6) is 1.30. The number of hydrogen-bond donors (Lipinski definition) is 1. The Bertz CT molecular complexity index is 303. The highest BCUT2D eigenvalue weighted by Gasteiger charge is 2.09. The van der Waals surface area contributed by atoms with Gasteiger partial charge in [0, 0.05) is 0 Å². The summed E-state index contributed by atoms with van der Waals surface area (Å²) < 4.78 is 5.29. The quantitative estimate of drug-likeness (QED) is 0.801. The number of aliphatic hydroxyl groups is 1. The highest BCUT2D eigenvalue weighted by Crippen LogP contribution is 2.29. The van der Waals surface area contributed by atoms with E-state index in [0.717, 1.165) is 11.3 Å². The van der Waals surface area contributed by atoms with Crippen molar-refractivity contribution in [3.05, 3.63) is 29.3 Å². The van der Waals surface area contributed by atoms with Gasteiger partial charge in [-0.3, -0.25) is 0 Å². The maximum atomic E-state index is 9.42. The Labute approximate surface area is 85.5 Å². The van der Waals surface area contributed by atoms with E-state index in [1.165, 1.54) is 5.56 Å². The molecule has 78 valence electrons. The van der Waals surface area contributed by atoms with E-state index in [4.69, 9.17) is 4.74 Å². The molecule has 1 unspecified atom stereocenters. The van der Waals surface area contributed by atoms with Crippen molar-refractivity contribution in [1.82, 2.24) is 0 Å². The van der Waals surface area contributed by atoms with Crippen LogP contribution in [-0.2, 0) is 0 Å². The van der Waals surface area contributed by atoms with Gasteiger partial charge in [0.1, 0.15) is 5.75 Å². The summed E-state index contributed by atoms with van der Waals surface area (Å²) in [7, 11) is 1.66. The summed E-state index contributed by atoms with van der Waals surface area (Å²) >= 11 is 0. The zero-order chi connectivity index (χ0) is 10.7. The minimum absolute atomic E-state index is 0.438. The molecule has 1 N–H and O–H groups in total. The van der Waals surface area contributed by atoms with Crippen LogP contribution in [-0.4, -0.2) is 12.2 Å². The number of ether oxygens (including phenoxy) is 1. The average Bonchev–Trinajstić information content (AvgIpc) is 2.16. The van der Waals surface area contributed by atoms with Crippen molar-refractivity contribution in [2.45, 2.75) is 32.8 Å². The van der Waals surface area contributed by atoms with Crippen molar-refractivity contribution in [2.75, 3.05) is 7.11 Å². The van der Waals surface area contributed by atoms with Gasteiger partial charge in [-0.05, 0) is 30.0 Å². The first kappa shape index (κ1) is 11.1. The van der Waals surface area contributed by atoms with Crippen molar-refractivity contribution in [2.24, 2.45) is 0 Å². The largest absolute Gasteiger partial charge is 0.496 e. The Hall–Kier alpha value is -1.02. The van der Waals surface area contributed by atoms with Crippen LogP contribution in [0.25, 0.3) is 0 Å². The maximum absolute atomic E-state index is 9.42. The zero-order valence-corrected chi connectivity index (χ0v) is 9.24.